The van der Waals surface area contributed by atoms with Crippen molar-refractivity contribution < 1.29 is 9.52 Å². The zero-order valence-corrected chi connectivity index (χ0v) is 10.0. The third-order valence-electron chi connectivity index (χ3n) is 3.26. The molecule has 2 rings (SSSR count). The van der Waals surface area contributed by atoms with E-state index < -0.39 is 0 Å². The maximum Gasteiger partial charge on any atom is 0.198 e. The molecule has 1 aromatic heterocycles. The first-order valence-electron chi connectivity index (χ1n) is 6.00. The number of likely N-dealkylation sites (tertiary alicyclic amines) is 1. The summed E-state index contributed by atoms with van der Waals surface area (Å²) in [6.45, 7) is 6.56. The second kappa shape index (κ2) is 4.97. The zero-order valence-electron chi connectivity index (χ0n) is 10.0. The molecule has 0 bridgehead atoms. The highest BCUT2D eigenvalue weighted by atomic mass is 16.4. The van der Waals surface area contributed by atoms with Crippen LogP contribution in [0.4, 0.5) is 0 Å². The number of aliphatic hydroxyl groups excluding tert-OH is 1. The van der Waals surface area contributed by atoms with Gasteiger partial charge in [0.05, 0.1) is 6.20 Å². The molecule has 1 aromatic rings. The summed E-state index contributed by atoms with van der Waals surface area (Å²) in [5, 5.41) is 8.95. The van der Waals surface area contributed by atoms with Crippen molar-refractivity contribution in [2.75, 3.05) is 13.1 Å². The molecular weight excluding hydrogens is 204 g/mol. The first-order valence-corrected chi connectivity index (χ1v) is 6.00. The van der Waals surface area contributed by atoms with Gasteiger partial charge in [0, 0.05) is 18.5 Å². The van der Waals surface area contributed by atoms with Crippen molar-refractivity contribution in [3.05, 3.63) is 17.8 Å². The van der Waals surface area contributed by atoms with Crippen molar-refractivity contribution in [3.63, 3.8) is 0 Å². The summed E-state index contributed by atoms with van der Waals surface area (Å²) in [6.07, 6.45) is 3.96. The molecule has 4 nitrogen and oxygen atoms in total. The molecule has 0 aliphatic carbocycles. The quantitative estimate of drug-likeness (QED) is 0.850. The van der Waals surface area contributed by atoms with Crippen molar-refractivity contribution in [1.29, 1.82) is 0 Å². The van der Waals surface area contributed by atoms with Crippen LogP contribution in [0, 0.1) is 0 Å². The van der Waals surface area contributed by atoms with E-state index >= 15 is 0 Å². The Bertz CT molecular complexity index is 336. The van der Waals surface area contributed by atoms with E-state index in [2.05, 4.69) is 23.7 Å². The Morgan fingerprint density at radius 3 is 3.06 bits per heavy atom. The second-order valence-electron chi connectivity index (χ2n) is 4.75. The van der Waals surface area contributed by atoms with Gasteiger partial charge >= 0.3 is 0 Å². The molecule has 1 N–H and O–H groups in total. The van der Waals surface area contributed by atoms with E-state index in [-0.39, 0.29) is 6.61 Å². The van der Waals surface area contributed by atoms with Gasteiger partial charge < -0.3 is 14.4 Å². The highest BCUT2D eigenvalue weighted by Gasteiger charge is 2.26. The smallest absolute Gasteiger partial charge is 0.198 e. The average Bonchev–Trinajstić information content (AvgIpc) is 2.77. The fraction of sp³-hybridized carbons (Fsp3) is 0.750. The van der Waals surface area contributed by atoms with Gasteiger partial charge in [-0.2, -0.15) is 0 Å². The van der Waals surface area contributed by atoms with Gasteiger partial charge in [-0.25, -0.2) is 4.98 Å². The Balaban J connectivity index is 2.03. The number of nitrogens with zero attached hydrogens (tertiary/aromatic N) is 2. The Hall–Kier alpha value is -0.870. The third-order valence-corrected chi connectivity index (χ3v) is 3.26. The SMILES string of the molecule is CC(C)N1CCCC(c2ncc(CO)o2)C1. The van der Waals surface area contributed by atoms with Crippen molar-refractivity contribution in [2.24, 2.45) is 0 Å². The lowest BCUT2D eigenvalue weighted by Crippen LogP contribution is -2.39. The van der Waals surface area contributed by atoms with E-state index in [0.29, 0.717) is 17.7 Å². The molecule has 1 unspecified atom stereocenters. The summed E-state index contributed by atoms with van der Waals surface area (Å²) >= 11 is 0. The summed E-state index contributed by atoms with van der Waals surface area (Å²) in [5.74, 6) is 1.74. The van der Waals surface area contributed by atoms with Crippen LogP contribution in [-0.4, -0.2) is 34.1 Å². The van der Waals surface area contributed by atoms with Gasteiger partial charge in [0.2, 0.25) is 0 Å². The first kappa shape index (κ1) is 11.6. The monoisotopic (exact) mass is 224 g/mol. The zero-order chi connectivity index (χ0) is 11.5. The van der Waals surface area contributed by atoms with Gasteiger partial charge in [-0.15, -0.1) is 0 Å². The molecule has 1 fully saturated rings. The number of hydrogen-bond donors (Lipinski definition) is 1. The van der Waals surface area contributed by atoms with Crippen LogP contribution in [-0.2, 0) is 6.61 Å². The number of oxazole rings is 1. The molecule has 4 heteroatoms. The van der Waals surface area contributed by atoms with Gasteiger partial charge in [0.15, 0.2) is 5.89 Å². The van der Waals surface area contributed by atoms with Crippen LogP contribution in [0.1, 0.15) is 44.3 Å². The maximum atomic E-state index is 8.95. The number of hydrogen-bond acceptors (Lipinski definition) is 4. The predicted molar refractivity (Wildman–Crippen MR) is 61.1 cm³/mol. The minimum atomic E-state index is -0.0619. The Kier molecular flexibility index (Phi) is 3.61. The van der Waals surface area contributed by atoms with Crippen molar-refractivity contribution in [2.45, 2.75) is 45.3 Å². The number of aliphatic hydroxyl groups is 1. The first-order chi connectivity index (χ1) is 7.70. The molecule has 16 heavy (non-hydrogen) atoms. The molecule has 2 heterocycles. The summed E-state index contributed by atoms with van der Waals surface area (Å²) in [4.78, 5) is 6.71. The minimum Gasteiger partial charge on any atom is -0.443 e. The van der Waals surface area contributed by atoms with Crippen LogP contribution in [0.3, 0.4) is 0 Å². The molecule has 1 aliphatic rings. The van der Waals surface area contributed by atoms with Crippen LogP contribution < -0.4 is 0 Å². The van der Waals surface area contributed by atoms with Crippen molar-refractivity contribution >= 4 is 0 Å². The average molecular weight is 224 g/mol. The van der Waals surface area contributed by atoms with E-state index in [1.807, 2.05) is 0 Å². The van der Waals surface area contributed by atoms with Crippen LogP contribution in [0.25, 0.3) is 0 Å². The highest BCUT2D eigenvalue weighted by Crippen LogP contribution is 2.27. The number of piperidine rings is 1. The van der Waals surface area contributed by atoms with Crippen LogP contribution in [0.5, 0.6) is 0 Å². The molecule has 1 aliphatic heterocycles. The summed E-state index contributed by atoms with van der Waals surface area (Å²) in [7, 11) is 0. The van der Waals surface area contributed by atoms with E-state index in [9.17, 15) is 0 Å². The molecule has 0 aromatic carbocycles. The fourth-order valence-electron chi connectivity index (χ4n) is 2.26. The molecule has 0 saturated carbocycles. The molecule has 0 amide bonds. The normalized spacial score (nSPS) is 22.9. The Labute approximate surface area is 96.3 Å². The van der Waals surface area contributed by atoms with Crippen LogP contribution >= 0.6 is 0 Å². The van der Waals surface area contributed by atoms with E-state index in [4.69, 9.17) is 9.52 Å². The Morgan fingerprint density at radius 2 is 2.44 bits per heavy atom. The van der Waals surface area contributed by atoms with Crippen LogP contribution in [0.2, 0.25) is 0 Å². The van der Waals surface area contributed by atoms with Gasteiger partial charge in [-0.3, -0.25) is 0 Å². The van der Waals surface area contributed by atoms with Gasteiger partial charge in [0.25, 0.3) is 0 Å². The van der Waals surface area contributed by atoms with Gasteiger partial charge in [-0.05, 0) is 33.2 Å². The van der Waals surface area contributed by atoms with E-state index in [1.165, 1.54) is 13.0 Å². The maximum absolute atomic E-state index is 8.95. The molecule has 0 radical (unpaired) electrons. The summed E-state index contributed by atoms with van der Waals surface area (Å²) in [6, 6.07) is 0.579. The molecule has 90 valence electrons. The third kappa shape index (κ3) is 2.44. The molecule has 0 spiro atoms. The Morgan fingerprint density at radius 1 is 1.62 bits per heavy atom. The van der Waals surface area contributed by atoms with E-state index in [1.54, 1.807) is 6.20 Å². The minimum absolute atomic E-state index is 0.0619. The summed E-state index contributed by atoms with van der Waals surface area (Å²) in [5.41, 5.74) is 0. The lowest BCUT2D eigenvalue weighted by Gasteiger charge is -2.34. The van der Waals surface area contributed by atoms with Crippen LogP contribution in [0.15, 0.2) is 10.6 Å². The molecule has 1 saturated heterocycles. The highest BCUT2D eigenvalue weighted by molar-refractivity contribution is 5.00. The summed E-state index contributed by atoms with van der Waals surface area (Å²) < 4.78 is 5.51. The molecular formula is C12H20N2O2. The predicted octanol–water partition coefficient (Wildman–Crippen LogP) is 1.75. The molecule has 1 atom stereocenters. The lowest BCUT2D eigenvalue weighted by atomic mass is 9.97. The fourth-order valence-corrected chi connectivity index (χ4v) is 2.26. The number of aromatic nitrogens is 1. The standard InChI is InChI=1S/C12H20N2O2/c1-9(2)14-5-3-4-10(7-14)12-13-6-11(8-15)16-12/h6,9-10,15H,3-5,7-8H2,1-2H3. The second-order valence-corrected chi connectivity index (χ2v) is 4.75. The topological polar surface area (TPSA) is 49.5 Å². The largest absolute Gasteiger partial charge is 0.443 e. The number of rotatable bonds is 3. The van der Waals surface area contributed by atoms with Gasteiger partial charge in [0.1, 0.15) is 12.4 Å². The van der Waals surface area contributed by atoms with Gasteiger partial charge in [-0.1, -0.05) is 0 Å². The van der Waals surface area contributed by atoms with E-state index in [0.717, 1.165) is 18.9 Å². The van der Waals surface area contributed by atoms with Crippen molar-refractivity contribution in [1.82, 2.24) is 9.88 Å². The lowest BCUT2D eigenvalue weighted by molar-refractivity contribution is 0.154. The van der Waals surface area contributed by atoms with Crippen molar-refractivity contribution in [3.8, 4) is 0 Å².